The molecule has 0 aliphatic carbocycles. The molecule has 146 valence electrons. The number of nitrogens with zero attached hydrogens (tertiary/aromatic N) is 1. The van der Waals surface area contributed by atoms with Crippen molar-refractivity contribution in [2.45, 2.75) is 13.3 Å². The average Bonchev–Trinajstić information content (AvgIpc) is 2.96. The third kappa shape index (κ3) is 5.07. The predicted octanol–water partition coefficient (Wildman–Crippen LogP) is 5.41. The lowest BCUT2D eigenvalue weighted by atomic mass is 10.2. The lowest BCUT2D eigenvalue weighted by molar-refractivity contribution is -0.121. The van der Waals surface area contributed by atoms with Crippen molar-refractivity contribution in [3.63, 3.8) is 0 Å². The van der Waals surface area contributed by atoms with Crippen molar-refractivity contribution in [3.05, 3.63) is 64.0 Å². The van der Waals surface area contributed by atoms with Crippen molar-refractivity contribution in [1.29, 1.82) is 0 Å². The molecule has 0 spiro atoms. The third-order valence-corrected chi connectivity index (χ3v) is 5.73. The summed E-state index contributed by atoms with van der Waals surface area (Å²) in [5.41, 5.74) is 0.853. The highest BCUT2D eigenvalue weighted by Gasteiger charge is 2.30. The van der Waals surface area contributed by atoms with Crippen LogP contribution < -0.4 is 9.47 Å². The van der Waals surface area contributed by atoms with Crippen LogP contribution in [-0.4, -0.2) is 34.9 Å². The van der Waals surface area contributed by atoms with Gasteiger partial charge in [0.15, 0.2) is 0 Å². The second-order valence-corrected chi connectivity index (χ2v) is 8.03. The Bertz CT molecular complexity index is 901. The molecule has 0 aromatic heterocycles. The van der Waals surface area contributed by atoms with Crippen LogP contribution in [0.4, 0.5) is 0 Å². The Kier molecular flexibility index (Phi) is 7.36. The SMILES string of the molecule is CCN1C(=O)C(=Cc2ccccc2OCCCOc2ccccc2Cl)SC1=S. The molecule has 3 rings (SSSR count). The minimum atomic E-state index is -0.0551. The van der Waals surface area contributed by atoms with Crippen LogP contribution in [-0.2, 0) is 4.79 Å². The van der Waals surface area contributed by atoms with E-state index in [9.17, 15) is 4.79 Å². The zero-order valence-corrected chi connectivity index (χ0v) is 17.8. The van der Waals surface area contributed by atoms with Crippen LogP contribution in [0.2, 0.25) is 5.02 Å². The molecular formula is C21H20ClNO3S2. The minimum Gasteiger partial charge on any atom is -0.493 e. The zero-order valence-electron chi connectivity index (χ0n) is 15.4. The van der Waals surface area contributed by atoms with Gasteiger partial charge in [-0.25, -0.2) is 0 Å². The molecule has 1 saturated heterocycles. The van der Waals surface area contributed by atoms with Crippen molar-refractivity contribution >= 4 is 51.9 Å². The summed E-state index contributed by atoms with van der Waals surface area (Å²) in [6, 6.07) is 15.0. The number of thioether (sulfide) groups is 1. The molecular weight excluding hydrogens is 414 g/mol. The third-order valence-electron chi connectivity index (χ3n) is 4.04. The molecule has 0 bridgehead atoms. The maximum absolute atomic E-state index is 12.4. The number of carbonyl (C=O) groups is 1. The Morgan fingerprint density at radius 3 is 2.39 bits per heavy atom. The summed E-state index contributed by atoms with van der Waals surface area (Å²) in [6.07, 6.45) is 2.54. The van der Waals surface area contributed by atoms with Crippen LogP contribution in [0.5, 0.6) is 11.5 Å². The second-order valence-electron chi connectivity index (χ2n) is 5.94. The van der Waals surface area contributed by atoms with Gasteiger partial charge < -0.3 is 9.47 Å². The fraction of sp³-hybridized carbons (Fsp3) is 0.238. The molecule has 0 radical (unpaired) electrons. The standard InChI is InChI=1S/C21H20ClNO3S2/c1-2-23-20(24)19(28-21(23)27)14-15-8-3-5-10-17(15)25-12-7-13-26-18-11-6-4-9-16(18)22/h3-6,8-11,14H,2,7,12-13H2,1H3. The van der Waals surface area contributed by atoms with Gasteiger partial charge in [0.05, 0.1) is 23.1 Å². The van der Waals surface area contributed by atoms with Gasteiger partial charge in [0.1, 0.15) is 15.8 Å². The summed E-state index contributed by atoms with van der Waals surface area (Å²) >= 11 is 12.7. The number of thiocarbonyl (C=S) groups is 1. The smallest absolute Gasteiger partial charge is 0.266 e. The topological polar surface area (TPSA) is 38.8 Å². The average molecular weight is 434 g/mol. The molecule has 7 heteroatoms. The van der Waals surface area contributed by atoms with E-state index in [1.54, 1.807) is 11.0 Å². The van der Waals surface area contributed by atoms with E-state index in [0.717, 1.165) is 11.3 Å². The molecule has 0 saturated carbocycles. The largest absolute Gasteiger partial charge is 0.493 e. The molecule has 1 aliphatic rings. The molecule has 1 fully saturated rings. The molecule has 1 heterocycles. The van der Waals surface area contributed by atoms with Gasteiger partial charge >= 0.3 is 0 Å². The van der Waals surface area contributed by atoms with Gasteiger partial charge in [-0.15, -0.1) is 0 Å². The Labute approximate surface area is 179 Å². The summed E-state index contributed by atoms with van der Waals surface area (Å²) in [5.74, 6) is 1.34. The maximum Gasteiger partial charge on any atom is 0.266 e. The maximum atomic E-state index is 12.4. The van der Waals surface area contributed by atoms with Crippen LogP contribution in [0.3, 0.4) is 0 Å². The van der Waals surface area contributed by atoms with Crippen LogP contribution in [0, 0.1) is 0 Å². The summed E-state index contributed by atoms with van der Waals surface area (Å²) in [4.78, 5) is 14.6. The van der Waals surface area contributed by atoms with Crippen LogP contribution in [0.1, 0.15) is 18.9 Å². The van der Waals surface area contributed by atoms with E-state index in [0.29, 0.717) is 46.2 Å². The molecule has 2 aromatic carbocycles. The van der Waals surface area contributed by atoms with Gasteiger partial charge in [-0.3, -0.25) is 9.69 Å². The first-order valence-corrected chi connectivity index (χ1v) is 10.5. The summed E-state index contributed by atoms with van der Waals surface area (Å²) in [5, 5.41) is 0.596. The Morgan fingerprint density at radius 1 is 1.07 bits per heavy atom. The molecule has 28 heavy (non-hydrogen) atoms. The van der Waals surface area contributed by atoms with Crippen molar-refractivity contribution in [3.8, 4) is 11.5 Å². The second kappa shape index (κ2) is 9.96. The highest BCUT2D eigenvalue weighted by molar-refractivity contribution is 8.26. The van der Waals surface area contributed by atoms with E-state index in [4.69, 9.17) is 33.3 Å². The fourth-order valence-corrected chi connectivity index (χ4v) is 4.20. The first-order valence-electron chi connectivity index (χ1n) is 8.94. The molecule has 1 amide bonds. The highest BCUT2D eigenvalue weighted by atomic mass is 35.5. The van der Waals surface area contributed by atoms with E-state index in [1.165, 1.54) is 11.8 Å². The zero-order chi connectivity index (χ0) is 19.9. The van der Waals surface area contributed by atoms with E-state index in [-0.39, 0.29) is 5.91 Å². The van der Waals surface area contributed by atoms with Crippen molar-refractivity contribution < 1.29 is 14.3 Å². The monoisotopic (exact) mass is 433 g/mol. The summed E-state index contributed by atoms with van der Waals surface area (Å²) < 4.78 is 12.2. The molecule has 0 atom stereocenters. The van der Waals surface area contributed by atoms with E-state index >= 15 is 0 Å². The first-order chi connectivity index (χ1) is 13.6. The number of likely N-dealkylation sites (N-methyl/N-ethyl adjacent to an activating group) is 1. The number of para-hydroxylation sites is 2. The molecule has 2 aromatic rings. The van der Waals surface area contributed by atoms with E-state index in [1.807, 2.05) is 55.5 Å². The minimum absolute atomic E-state index is 0.0551. The van der Waals surface area contributed by atoms with Crippen LogP contribution >= 0.6 is 35.6 Å². The van der Waals surface area contributed by atoms with E-state index < -0.39 is 0 Å². The van der Waals surface area contributed by atoms with Gasteiger partial charge in [0.2, 0.25) is 0 Å². The molecule has 4 nitrogen and oxygen atoms in total. The van der Waals surface area contributed by atoms with Gasteiger partial charge in [0.25, 0.3) is 5.91 Å². The number of ether oxygens (including phenoxy) is 2. The van der Waals surface area contributed by atoms with Gasteiger partial charge in [-0.1, -0.05) is 65.9 Å². The number of hydrogen-bond acceptors (Lipinski definition) is 5. The quantitative estimate of drug-likeness (QED) is 0.316. The number of carbonyl (C=O) groups excluding carboxylic acids is 1. The lowest BCUT2D eigenvalue weighted by Crippen LogP contribution is -2.27. The normalized spacial score (nSPS) is 15.4. The van der Waals surface area contributed by atoms with Gasteiger partial charge in [-0.05, 0) is 31.2 Å². The summed E-state index contributed by atoms with van der Waals surface area (Å²) in [7, 11) is 0. The van der Waals surface area contributed by atoms with Crippen LogP contribution in [0.25, 0.3) is 6.08 Å². The van der Waals surface area contributed by atoms with Gasteiger partial charge in [0, 0.05) is 18.5 Å². The number of hydrogen-bond donors (Lipinski definition) is 0. The predicted molar refractivity (Wildman–Crippen MR) is 119 cm³/mol. The molecule has 0 unspecified atom stereocenters. The lowest BCUT2D eigenvalue weighted by Gasteiger charge is -2.11. The Balaban J connectivity index is 1.57. The Morgan fingerprint density at radius 2 is 1.71 bits per heavy atom. The number of rotatable bonds is 8. The number of benzene rings is 2. The van der Waals surface area contributed by atoms with Crippen molar-refractivity contribution in [2.24, 2.45) is 0 Å². The Hall–Kier alpha value is -2.02. The molecule has 1 aliphatic heterocycles. The number of amides is 1. The first kappa shape index (κ1) is 20.7. The van der Waals surface area contributed by atoms with Crippen LogP contribution in [0.15, 0.2) is 53.4 Å². The van der Waals surface area contributed by atoms with Crippen molar-refractivity contribution in [2.75, 3.05) is 19.8 Å². The fourth-order valence-electron chi connectivity index (χ4n) is 2.63. The number of halogens is 1. The highest BCUT2D eigenvalue weighted by Crippen LogP contribution is 2.34. The van der Waals surface area contributed by atoms with Crippen molar-refractivity contribution in [1.82, 2.24) is 4.90 Å². The van der Waals surface area contributed by atoms with E-state index in [2.05, 4.69) is 0 Å². The van der Waals surface area contributed by atoms with Gasteiger partial charge in [-0.2, -0.15) is 0 Å². The molecule has 0 N–H and O–H groups in total. The summed E-state index contributed by atoms with van der Waals surface area (Å²) in [6.45, 7) is 3.48.